The van der Waals surface area contributed by atoms with E-state index in [0.717, 1.165) is 11.1 Å². The maximum atomic E-state index is 12.5. The van der Waals surface area contributed by atoms with E-state index < -0.39 is 10.2 Å². The molecule has 0 saturated carbocycles. The molecule has 0 bridgehead atoms. The highest BCUT2D eigenvalue weighted by Gasteiger charge is 2.30. The fourth-order valence-corrected chi connectivity index (χ4v) is 4.43. The Balaban J connectivity index is 1.56. The number of aryl methyl sites for hydroxylation is 1. The summed E-state index contributed by atoms with van der Waals surface area (Å²) in [4.78, 5) is 16.6. The second-order valence-corrected chi connectivity index (χ2v) is 9.66. The second kappa shape index (κ2) is 9.55. The van der Waals surface area contributed by atoms with Crippen molar-refractivity contribution in [2.24, 2.45) is 0 Å². The Morgan fingerprint density at radius 1 is 1.27 bits per heavy atom. The molecule has 0 atom stereocenters. The van der Waals surface area contributed by atoms with E-state index in [4.69, 9.17) is 4.74 Å². The predicted molar refractivity (Wildman–Crippen MR) is 114 cm³/mol. The molecule has 30 heavy (non-hydrogen) atoms. The molecular formula is C21H28N4O4S. The molecule has 1 fully saturated rings. The van der Waals surface area contributed by atoms with Gasteiger partial charge in [0, 0.05) is 51.7 Å². The lowest BCUT2D eigenvalue weighted by atomic mass is 10.1. The van der Waals surface area contributed by atoms with Crippen LogP contribution in [0.1, 0.15) is 34.3 Å². The zero-order valence-electron chi connectivity index (χ0n) is 17.5. The van der Waals surface area contributed by atoms with Gasteiger partial charge in [0.2, 0.25) is 0 Å². The molecular weight excluding hydrogens is 404 g/mol. The van der Waals surface area contributed by atoms with Gasteiger partial charge in [-0.15, -0.1) is 0 Å². The third kappa shape index (κ3) is 5.35. The standard InChI is InChI=1S/C21H28N4O4S/c1-16-14-22-10-7-18(16)15-23-21(26)17-5-4-6-20(13-17)29-19-8-11-25(12-9-19)30(27,28)24(2)3/h4-7,10,13-14,19H,8-9,11-12,15H2,1-3H3,(H,23,26). The molecule has 9 heteroatoms. The summed E-state index contributed by atoms with van der Waals surface area (Å²) in [6, 6.07) is 8.95. The third-order valence-corrected chi connectivity index (χ3v) is 7.10. The number of hydrogen-bond donors (Lipinski definition) is 1. The van der Waals surface area contributed by atoms with Crippen LogP contribution in [0.4, 0.5) is 0 Å². The van der Waals surface area contributed by atoms with E-state index in [-0.39, 0.29) is 12.0 Å². The van der Waals surface area contributed by atoms with Crippen molar-refractivity contribution in [2.45, 2.75) is 32.4 Å². The summed E-state index contributed by atoms with van der Waals surface area (Å²) < 4.78 is 33.2. The minimum Gasteiger partial charge on any atom is -0.490 e. The summed E-state index contributed by atoms with van der Waals surface area (Å²) in [6.07, 6.45) is 4.59. The SMILES string of the molecule is Cc1cnccc1CNC(=O)c1cccc(OC2CCN(S(=O)(=O)N(C)C)CC2)c1. The van der Waals surface area contributed by atoms with Gasteiger partial charge in [-0.3, -0.25) is 9.78 Å². The quantitative estimate of drug-likeness (QED) is 0.722. The van der Waals surface area contributed by atoms with Crippen LogP contribution in [0.3, 0.4) is 0 Å². The normalized spacial score (nSPS) is 15.9. The molecule has 2 aromatic rings. The fourth-order valence-electron chi connectivity index (χ4n) is 3.29. The Hall–Kier alpha value is -2.49. The number of pyridine rings is 1. The van der Waals surface area contributed by atoms with Crippen molar-refractivity contribution < 1.29 is 17.9 Å². The Bertz CT molecular complexity index is 986. The first kappa shape index (κ1) is 22.2. The van der Waals surface area contributed by atoms with Crippen LogP contribution in [-0.2, 0) is 16.8 Å². The van der Waals surface area contributed by atoms with Gasteiger partial charge in [0.05, 0.1) is 0 Å². The first-order valence-corrected chi connectivity index (χ1v) is 11.3. The number of hydrogen-bond acceptors (Lipinski definition) is 5. The maximum Gasteiger partial charge on any atom is 0.281 e. The zero-order chi connectivity index (χ0) is 21.7. The van der Waals surface area contributed by atoms with E-state index in [1.54, 1.807) is 30.6 Å². The van der Waals surface area contributed by atoms with Gasteiger partial charge in [-0.05, 0) is 55.2 Å². The number of amides is 1. The molecule has 1 aromatic carbocycles. The maximum absolute atomic E-state index is 12.5. The monoisotopic (exact) mass is 432 g/mol. The summed E-state index contributed by atoms with van der Waals surface area (Å²) in [5.74, 6) is 0.431. The number of ether oxygens (including phenoxy) is 1. The summed E-state index contributed by atoms with van der Waals surface area (Å²) in [6.45, 7) is 3.21. The number of piperidine rings is 1. The lowest BCUT2D eigenvalue weighted by molar-refractivity contribution is 0.0948. The number of carbonyl (C=O) groups is 1. The predicted octanol–water partition coefficient (Wildman–Crippen LogP) is 1.97. The molecule has 1 aromatic heterocycles. The van der Waals surface area contributed by atoms with Gasteiger partial charge in [0.15, 0.2) is 0 Å². The second-order valence-electron chi connectivity index (χ2n) is 7.52. The van der Waals surface area contributed by atoms with Crippen LogP contribution in [0.2, 0.25) is 0 Å². The van der Waals surface area contributed by atoms with Crippen LogP contribution in [-0.4, -0.2) is 61.2 Å². The Kier molecular flexibility index (Phi) is 7.06. The minimum absolute atomic E-state index is 0.0867. The van der Waals surface area contributed by atoms with E-state index in [9.17, 15) is 13.2 Å². The largest absolute Gasteiger partial charge is 0.490 e. The Labute approximate surface area is 178 Å². The van der Waals surface area contributed by atoms with Gasteiger partial charge in [-0.25, -0.2) is 0 Å². The van der Waals surface area contributed by atoms with Gasteiger partial charge in [0.25, 0.3) is 16.1 Å². The first-order valence-electron chi connectivity index (χ1n) is 9.89. The first-order chi connectivity index (χ1) is 14.3. The fraction of sp³-hybridized carbons (Fsp3) is 0.429. The average molecular weight is 433 g/mol. The van der Waals surface area contributed by atoms with Crippen molar-refractivity contribution in [1.82, 2.24) is 18.9 Å². The lowest BCUT2D eigenvalue weighted by Gasteiger charge is -2.32. The molecule has 0 aliphatic carbocycles. The summed E-state index contributed by atoms with van der Waals surface area (Å²) in [5, 5.41) is 2.92. The summed E-state index contributed by atoms with van der Waals surface area (Å²) in [7, 11) is -0.328. The van der Waals surface area contributed by atoms with Crippen LogP contribution in [0, 0.1) is 6.92 Å². The van der Waals surface area contributed by atoms with E-state index >= 15 is 0 Å². The van der Waals surface area contributed by atoms with E-state index in [0.29, 0.717) is 43.8 Å². The highest BCUT2D eigenvalue weighted by Crippen LogP contribution is 2.22. The van der Waals surface area contributed by atoms with Crippen molar-refractivity contribution in [3.05, 3.63) is 59.4 Å². The lowest BCUT2D eigenvalue weighted by Crippen LogP contribution is -2.46. The van der Waals surface area contributed by atoms with Crippen LogP contribution >= 0.6 is 0 Å². The Morgan fingerprint density at radius 3 is 2.67 bits per heavy atom. The van der Waals surface area contributed by atoms with E-state index in [1.807, 2.05) is 19.1 Å². The smallest absolute Gasteiger partial charge is 0.281 e. The molecule has 1 N–H and O–H groups in total. The van der Waals surface area contributed by atoms with Crippen LogP contribution in [0.15, 0.2) is 42.7 Å². The van der Waals surface area contributed by atoms with Gasteiger partial charge >= 0.3 is 0 Å². The summed E-state index contributed by atoms with van der Waals surface area (Å²) >= 11 is 0. The van der Waals surface area contributed by atoms with Gasteiger partial charge in [0.1, 0.15) is 11.9 Å². The number of aromatic nitrogens is 1. The zero-order valence-corrected chi connectivity index (χ0v) is 18.4. The van der Waals surface area contributed by atoms with Crippen molar-refractivity contribution in [3.63, 3.8) is 0 Å². The third-order valence-electron chi connectivity index (χ3n) is 5.16. The Morgan fingerprint density at radius 2 is 2.00 bits per heavy atom. The molecule has 0 unspecified atom stereocenters. The molecule has 3 rings (SSSR count). The molecule has 8 nitrogen and oxygen atoms in total. The molecule has 162 valence electrons. The molecule has 1 amide bonds. The molecule has 1 aliphatic heterocycles. The highest BCUT2D eigenvalue weighted by molar-refractivity contribution is 7.86. The van der Waals surface area contributed by atoms with Crippen molar-refractivity contribution >= 4 is 16.1 Å². The molecule has 1 saturated heterocycles. The number of benzene rings is 1. The van der Waals surface area contributed by atoms with Crippen LogP contribution in [0.5, 0.6) is 5.75 Å². The van der Waals surface area contributed by atoms with Gasteiger partial charge < -0.3 is 10.1 Å². The van der Waals surface area contributed by atoms with Crippen LogP contribution < -0.4 is 10.1 Å². The van der Waals surface area contributed by atoms with Crippen molar-refractivity contribution in [2.75, 3.05) is 27.2 Å². The van der Waals surface area contributed by atoms with Gasteiger partial charge in [-0.2, -0.15) is 17.0 Å². The van der Waals surface area contributed by atoms with Gasteiger partial charge in [-0.1, -0.05) is 6.07 Å². The number of rotatable bonds is 7. The number of nitrogens with one attached hydrogen (secondary N) is 1. The number of nitrogens with zero attached hydrogens (tertiary/aromatic N) is 3. The van der Waals surface area contributed by atoms with E-state index in [1.165, 1.54) is 22.7 Å². The van der Waals surface area contributed by atoms with Crippen molar-refractivity contribution in [1.29, 1.82) is 0 Å². The molecule has 1 aliphatic rings. The highest BCUT2D eigenvalue weighted by atomic mass is 32.2. The van der Waals surface area contributed by atoms with E-state index in [2.05, 4.69) is 10.3 Å². The molecule has 0 spiro atoms. The summed E-state index contributed by atoms with van der Waals surface area (Å²) in [5.41, 5.74) is 2.56. The minimum atomic E-state index is -3.39. The molecule has 2 heterocycles. The van der Waals surface area contributed by atoms with Crippen LogP contribution in [0.25, 0.3) is 0 Å². The molecule has 0 radical (unpaired) electrons. The number of carbonyl (C=O) groups excluding carboxylic acids is 1. The topological polar surface area (TPSA) is 91.8 Å². The average Bonchev–Trinajstić information content (AvgIpc) is 2.73. The van der Waals surface area contributed by atoms with Crippen molar-refractivity contribution in [3.8, 4) is 5.75 Å².